The largest absolute Gasteiger partial charge is 0.508 e. The van der Waals surface area contributed by atoms with E-state index in [2.05, 4.69) is 15.6 Å². The summed E-state index contributed by atoms with van der Waals surface area (Å²) in [5.41, 5.74) is 0. The van der Waals surface area contributed by atoms with Crippen LogP contribution in [-0.2, 0) is 14.1 Å². The lowest BCUT2D eigenvalue weighted by Crippen LogP contribution is -1.92. The summed E-state index contributed by atoms with van der Waals surface area (Å²) in [6.07, 6.45) is 0. The number of phenolic OH excluding ortho intramolecular Hbond substituents is 1. The summed E-state index contributed by atoms with van der Waals surface area (Å²) in [5, 5.41) is 8.63. The van der Waals surface area contributed by atoms with Gasteiger partial charge in [-0.25, -0.2) is 0 Å². The first-order valence-electron chi connectivity index (χ1n) is 2.97. The van der Waals surface area contributed by atoms with Crippen molar-refractivity contribution in [2.75, 3.05) is 0 Å². The van der Waals surface area contributed by atoms with Crippen LogP contribution in [0, 0.1) is 0 Å². The average molecular weight is 227 g/mol. The summed E-state index contributed by atoms with van der Waals surface area (Å²) in [6.45, 7) is 0. The number of para-hydroxylation sites is 1. The normalized spacial score (nSPS) is 10.0. The standard InChI is InChI=1S/C6H6O.ClHO4S/c7-6-4-2-1-3-5-6;1-5-6(2,3)4/h1-5,7H;(H,2,3,4). The van der Waals surface area contributed by atoms with Crippen LogP contribution in [0.1, 0.15) is 0 Å². The molecule has 0 radical (unpaired) electrons. The Hall–Kier alpha value is -0.820. The monoisotopic (exact) mass is 226 g/mol. The molecule has 0 aliphatic rings. The van der Waals surface area contributed by atoms with Crippen LogP contribution >= 0.6 is 11.9 Å². The molecule has 0 unspecified atom stereocenters. The van der Waals surface area contributed by atoms with Crippen molar-refractivity contribution in [2.24, 2.45) is 0 Å². The van der Waals surface area contributed by atoms with Crippen molar-refractivity contribution in [3.05, 3.63) is 30.3 Å². The molecule has 0 saturated carbocycles. The van der Waals surface area contributed by atoms with Crippen LogP contribution < -0.4 is 0 Å². The van der Waals surface area contributed by atoms with Crippen molar-refractivity contribution in [2.45, 2.75) is 0 Å². The van der Waals surface area contributed by atoms with Gasteiger partial charge in [-0.05, 0) is 12.1 Å². The first-order chi connectivity index (χ1) is 5.95. The molecule has 0 saturated heterocycles. The first-order valence-corrected chi connectivity index (χ1v) is 4.64. The molecule has 0 aliphatic carbocycles. The molecule has 5 nitrogen and oxygen atoms in total. The van der Waals surface area contributed by atoms with Crippen molar-refractivity contribution in [1.29, 1.82) is 0 Å². The third kappa shape index (κ3) is 9.09. The van der Waals surface area contributed by atoms with Gasteiger partial charge in [0.1, 0.15) is 5.75 Å². The van der Waals surface area contributed by atoms with Gasteiger partial charge in [-0.3, -0.25) is 4.55 Å². The molecular weight excluding hydrogens is 220 g/mol. The highest BCUT2D eigenvalue weighted by Crippen LogP contribution is 2.02. The zero-order valence-electron chi connectivity index (χ0n) is 6.29. The number of halogens is 1. The number of aromatic hydroxyl groups is 1. The van der Waals surface area contributed by atoms with Crippen LogP contribution in [0.2, 0.25) is 0 Å². The van der Waals surface area contributed by atoms with Crippen molar-refractivity contribution in [3.63, 3.8) is 0 Å². The molecule has 1 aromatic carbocycles. The molecule has 0 spiro atoms. The van der Waals surface area contributed by atoms with Gasteiger partial charge in [0.25, 0.3) is 0 Å². The summed E-state index contributed by atoms with van der Waals surface area (Å²) in [7, 11) is -4.40. The third-order valence-corrected chi connectivity index (χ3v) is 1.47. The lowest BCUT2D eigenvalue weighted by molar-refractivity contribution is 0.400. The quantitative estimate of drug-likeness (QED) is 0.707. The van der Waals surface area contributed by atoms with Gasteiger partial charge in [0, 0.05) is 0 Å². The van der Waals surface area contributed by atoms with Gasteiger partial charge in [-0.1, -0.05) is 18.2 Å². The highest BCUT2D eigenvalue weighted by atomic mass is 35.5. The van der Waals surface area contributed by atoms with E-state index in [-0.39, 0.29) is 0 Å². The van der Waals surface area contributed by atoms with Crippen molar-refractivity contribution in [1.82, 2.24) is 0 Å². The average Bonchev–Trinajstić information content (AvgIpc) is 2.06. The van der Waals surface area contributed by atoms with E-state index >= 15 is 0 Å². The smallest absolute Gasteiger partial charge is 0.413 e. The van der Waals surface area contributed by atoms with E-state index in [9.17, 15) is 8.42 Å². The van der Waals surface area contributed by atoms with Gasteiger partial charge in [0.2, 0.25) is 0 Å². The fourth-order valence-electron chi connectivity index (χ4n) is 0.428. The van der Waals surface area contributed by atoms with Gasteiger partial charge in [0.05, 0.1) is 11.9 Å². The maximum Gasteiger partial charge on any atom is 0.413 e. The Morgan fingerprint density at radius 3 is 1.77 bits per heavy atom. The van der Waals surface area contributed by atoms with Crippen molar-refractivity contribution in [3.8, 4) is 5.75 Å². The molecule has 0 atom stereocenters. The van der Waals surface area contributed by atoms with E-state index < -0.39 is 10.4 Å². The Kier molecular flexibility index (Phi) is 5.40. The van der Waals surface area contributed by atoms with Crippen LogP contribution in [0.4, 0.5) is 0 Å². The van der Waals surface area contributed by atoms with Gasteiger partial charge in [-0.15, -0.1) is 3.74 Å². The molecule has 7 heteroatoms. The van der Waals surface area contributed by atoms with E-state index in [0.717, 1.165) is 0 Å². The van der Waals surface area contributed by atoms with Crippen LogP contribution in [0.15, 0.2) is 30.3 Å². The molecule has 0 amide bonds. The number of rotatable bonds is 1. The Labute approximate surface area is 80.7 Å². The van der Waals surface area contributed by atoms with Crippen molar-refractivity contribution >= 4 is 22.3 Å². The summed E-state index contributed by atoms with van der Waals surface area (Å²) in [5.74, 6) is 0.322. The third-order valence-electron chi connectivity index (χ3n) is 0.836. The van der Waals surface area contributed by atoms with Crippen LogP contribution in [0.5, 0.6) is 5.75 Å². The van der Waals surface area contributed by atoms with Gasteiger partial charge in [-0.2, -0.15) is 8.42 Å². The molecule has 0 fully saturated rings. The van der Waals surface area contributed by atoms with Crippen LogP contribution in [-0.4, -0.2) is 18.1 Å². The molecule has 2 N–H and O–H groups in total. The van der Waals surface area contributed by atoms with E-state index in [4.69, 9.17) is 9.66 Å². The number of hydrogen-bond acceptors (Lipinski definition) is 4. The fourth-order valence-corrected chi connectivity index (χ4v) is 0.428. The number of benzene rings is 1. The van der Waals surface area contributed by atoms with E-state index in [1.54, 1.807) is 24.3 Å². The molecule has 0 aromatic heterocycles. The lowest BCUT2D eigenvalue weighted by Gasteiger charge is -1.82. The van der Waals surface area contributed by atoms with E-state index in [1.165, 1.54) is 0 Å². The second-order valence-electron chi connectivity index (χ2n) is 1.83. The Morgan fingerprint density at radius 2 is 1.62 bits per heavy atom. The molecule has 0 aliphatic heterocycles. The zero-order chi connectivity index (χ0) is 10.3. The van der Waals surface area contributed by atoms with Crippen LogP contribution in [0.3, 0.4) is 0 Å². The summed E-state index contributed by atoms with van der Waals surface area (Å²) >= 11 is 4.14. The first kappa shape index (κ1) is 12.2. The van der Waals surface area contributed by atoms with Gasteiger partial charge in [0.15, 0.2) is 0 Å². The molecule has 0 bridgehead atoms. The SMILES string of the molecule is O=S(=O)(O)OCl.Oc1ccccc1. The molecule has 13 heavy (non-hydrogen) atoms. The Balaban J connectivity index is 0.000000226. The van der Waals surface area contributed by atoms with Crippen LogP contribution in [0.25, 0.3) is 0 Å². The molecule has 1 rings (SSSR count). The van der Waals surface area contributed by atoms with E-state index in [0.29, 0.717) is 5.75 Å². The second-order valence-corrected chi connectivity index (χ2v) is 3.19. The number of phenols is 1. The summed E-state index contributed by atoms with van der Waals surface area (Å²) in [4.78, 5) is 0. The predicted molar refractivity (Wildman–Crippen MR) is 46.6 cm³/mol. The topological polar surface area (TPSA) is 83.8 Å². The summed E-state index contributed by atoms with van der Waals surface area (Å²) in [6, 6.07) is 8.71. The van der Waals surface area contributed by atoms with E-state index in [1.807, 2.05) is 6.07 Å². The maximum atomic E-state index is 9.20. The highest BCUT2D eigenvalue weighted by Gasteiger charge is 1.97. The van der Waals surface area contributed by atoms with Gasteiger partial charge >= 0.3 is 10.4 Å². The Bertz CT molecular complexity index is 322. The molecule has 74 valence electrons. The second kappa shape index (κ2) is 5.76. The predicted octanol–water partition coefficient (Wildman–Crippen LogP) is 1.35. The highest BCUT2D eigenvalue weighted by molar-refractivity contribution is 7.81. The lowest BCUT2D eigenvalue weighted by atomic mass is 10.3. The fraction of sp³-hybridized carbons (Fsp3) is 0. The van der Waals surface area contributed by atoms with Crippen molar-refractivity contribution < 1.29 is 21.8 Å². The van der Waals surface area contributed by atoms with Gasteiger partial charge < -0.3 is 5.11 Å². The minimum absolute atomic E-state index is 0.322. The maximum absolute atomic E-state index is 9.20. The molecule has 1 aromatic rings. The Morgan fingerprint density at radius 1 is 1.23 bits per heavy atom. The minimum Gasteiger partial charge on any atom is -0.508 e. The summed E-state index contributed by atoms with van der Waals surface area (Å²) < 4.78 is 28.8. The zero-order valence-corrected chi connectivity index (χ0v) is 7.86. The minimum atomic E-state index is -4.40. The molecule has 0 heterocycles. The number of hydrogen-bond donors (Lipinski definition) is 2. The molecular formula is C6H7ClO5S.